The van der Waals surface area contributed by atoms with E-state index >= 15 is 0 Å². The molecule has 1 aromatic carbocycles. The van der Waals surface area contributed by atoms with E-state index in [0.717, 1.165) is 12.1 Å². The van der Waals surface area contributed by atoms with Gasteiger partial charge in [0.15, 0.2) is 6.10 Å². The molecule has 1 aliphatic rings. The molecule has 0 saturated carbocycles. The Morgan fingerprint density at radius 1 is 1.38 bits per heavy atom. The van der Waals surface area contributed by atoms with Crippen LogP contribution in [-0.4, -0.2) is 29.8 Å². The zero-order valence-corrected chi connectivity index (χ0v) is 10.8. The third-order valence-electron chi connectivity index (χ3n) is 3.20. The van der Waals surface area contributed by atoms with Gasteiger partial charge in [-0.15, -0.1) is 0 Å². The Morgan fingerprint density at radius 2 is 2.10 bits per heavy atom. The highest BCUT2D eigenvalue weighted by molar-refractivity contribution is 5.72. The van der Waals surface area contributed by atoms with Crippen LogP contribution in [0.5, 0.6) is 0 Å². The van der Waals surface area contributed by atoms with E-state index in [1.807, 2.05) is 0 Å². The summed E-state index contributed by atoms with van der Waals surface area (Å²) in [4.78, 5) is 10.7. The Labute approximate surface area is 117 Å². The molecule has 1 aromatic rings. The molecule has 4 nitrogen and oxygen atoms in total. The average molecular weight is 307 g/mol. The monoisotopic (exact) mass is 307 g/mol. The molecule has 0 amide bonds. The third kappa shape index (κ3) is 3.84. The van der Waals surface area contributed by atoms with Crippen molar-refractivity contribution in [1.82, 2.24) is 0 Å². The van der Waals surface area contributed by atoms with E-state index in [4.69, 9.17) is 9.84 Å². The number of hydrogen-bond acceptors (Lipinski definition) is 3. The zero-order chi connectivity index (χ0) is 15.6. The summed E-state index contributed by atoms with van der Waals surface area (Å²) in [5.74, 6) is -2.07. The summed E-state index contributed by atoms with van der Waals surface area (Å²) in [5.41, 5.74) is -1.14. The van der Waals surface area contributed by atoms with Gasteiger partial charge in [-0.1, -0.05) is 0 Å². The van der Waals surface area contributed by atoms with Gasteiger partial charge in [-0.2, -0.15) is 13.2 Å². The van der Waals surface area contributed by atoms with E-state index in [-0.39, 0.29) is 12.2 Å². The standard InChI is InChI=1S/C13H13F4NO3/c14-9-5-7(13(15,16)17)1-3-10(9)18-6-8-2-4-11(21-8)12(19)20/h1,3,5,8,11,18H,2,4,6H2,(H,19,20). The molecule has 0 bridgehead atoms. The highest BCUT2D eigenvalue weighted by atomic mass is 19.4. The predicted molar refractivity (Wildman–Crippen MR) is 65.4 cm³/mol. The van der Waals surface area contributed by atoms with Crippen LogP contribution in [0, 0.1) is 5.82 Å². The number of ether oxygens (including phenoxy) is 1. The highest BCUT2D eigenvalue weighted by Crippen LogP contribution is 2.31. The molecule has 2 unspecified atom stereocenters. The van der Waals surface area contributed by atoms with E-state index in [1.54, 1.807) is 0 Å². The van der Waals surface area contributed by atoms with Crippen LogP contribution in [0.4, 0.5) is 23.2 Å². The zero-order valence-electron chi connectivity index (χ0n) is 10.8. The lowest BCUT2D eigenvalue weighted by Crippen LogP contribution is -2.24. The van der Waals surface area contributed by atoms with Crippen LogP contribution in [0.15, 0.2) is 18.2 Å². The van der Waals surface area contributed by atoms with Crippen LogP contribution in [0.3, 0.4) is 0 Å². The summed E-state index contributed by atoms with van der Waals surface area (Å²) in [6.45, 7) is 0.131. The van der Waals surface area contributed by atoms with Crippen molar-refractivity contribution in [3.8, 4) is 0 Å². The van der Waals surface area contributed by atoms with E-state index < -0.39 is 35.7 Å². The van der Waals surface area contributed by atoms with Crippen LogP contribution in [0.25, 0.3) is 0 Å². The number of benzene rings is 1. The second kappa shape index (κ2) is 5.88. The smallest absolute Gasteiger partial charge is 0.416 e. The molecule has 116 valence electrons. The van der Waals surface area contributed by atoms with Gasteiger partial charge in [0.2, 0.25) is 0 Å². The van der Waals surface area contributed by atoms with Gasteiger partial charge < -0.3 is 15.2 Å². The number of alkyl halides is 3. The Kier molecular flexibility index (Phi) is 4.36. The molecule has 1 fully saturated rings. The molecule has 8 heteroatoms. The number of carboxylic acid groups (broad SMARTS) is 1. The van der Waals surface area contributed by atoms with Crippen LogP contribution in [0.2, 0.25) is 0 Å². The molecule has 1 saturated heterocycles. The van der Waals surface area contributed by atoms with Crippen molar-refractivity contribution in [2.75, 3.05) is 11.9 Å². The van der Waals surface area contributed by atoms with E-state index in [9.17, 15) is 22.4 Å². The fourth-order valence-corrected chi connectivity index (χ4v) is 2.10. The van der Waals surface area contributed by atoms with E-state index in [0.29, 0.717) is 18.9 Å². The minimum atomic E-state index is -4.59. The molecule has 0 aromatic heterocycles. The van der Waals surface area contributed by atoms with Gasteiger partial charge >= 0.3 is 12.1 Å². The minimum absolute atomic E-state index is 0.0784. The van der Waals surface area contributed by atoms with Crippen LogP contribution < -0.4 is 5.32 Å². The molecule has 0 spiro atoms. The van der Waals surface area contributed by atoms with Gasteiger partial charge in [-0.25, -0.2) is 9.18 Å². The van der Waals surface area contributed by atoms with Crippen LogP contribution >= 0.6 is 0 Å². The number of aliphatic carboxylic acids is 1. The highest BCUT2D eigenvalue weighted by Gasteiger charge is 2.32. The quantitative estimate of drug-likeness (QED) is 0.840. The fourth-order valence-electron chi connectivity index (χ4n) is 2.10. The number of nitrogens with one attached hydrogen (secondary N) is 1. The molecular formula is C13H13F4NO3. The van der Waals surface area contributed by atoms with Gasteiger partial charge in [-0.3, -0.25) is 0 Å². The maximum absolute atomic E-state index is 13.6. The van der Waals surface area contributed by atoms with E-state index in [2.05, 4.69) is 5.32 Å². The first-order valence-electron chi connectivity index (χ1n) is 6.26. The molecule has 2 N–H and O–H groups in total. The van der Waals surface area contributed by atoms with Crippen molar-refractivity contribution < 1.29 is 32.2 Å². The summed E-state index contributed by atoms with van der Waals surface area (Å²) < 4.78 is 55.9. The molecule has 1 heterocycles. The number of hydrogen-bond donors (Lipinski definition) is 2. The summed E-state index contributed by atoms with van der Waals surface area (Å²) in [6.07, 6.45) is -5.03. The average Bonchev–Trinajstić information content (AvgIpc) is 2.85. The van der Waals surface area contributed by atoms with E-state index in [1.165, 1.54) is 0 Å². The Bertz CT molecular complexity index is 533. The lowest BCUT2D eigenvalue weighted by Gasteiger charge is -2.14. The first kappa shape index (κ1) is 15.6. The van der Waals surface area contributed by atoms with Crippen LogP contribution in [0.1, 0.15) is 18.4 Å². The van der Waals surface area contributed by atoms with Gasteiger partial charge in [0.1, 0.15) is 5.82 Å². The Balaban J connectivity index is 1.94. The maximum Gasteiger partial charge on any atom is 0.416 e. The molecule has 2 rings (SSSR count). The summed E-state index contributed by atoms with van der Waals surface area (Å²) in [6, 6.07) is 2.20. The van der Waals surface area contributed by atoms with Crippen molar-refractivity contribution in [3.63, 3.8) is 0 Å². The fraction of sp³-hybridized carbons (Fsp3) is 0.462. The summed E-state index contributed by atoms with van der Waals surface area (Å²) in [5, 5.41) is 11.4. The molecule has 0 radical (unpaired) electrons. The molecule has 2 atom stereocenters. The normalized spacial score (nSPS) is 22.3. The Hall–Kier alpha value is -1.83. The Morgan fingerprint density at radius 3 is 2.62 bits per heavy atom. The number of carboxylic acids is 1. The van der Waals surface area contributed by atoms with Gasteiger partial charge in [0.25, 0.3) is 0 Å². The first-order chi connectivity index (χ1) is 9.77. The summed E-state index contributed by atoms with van der Waals surface area (Å²) >= 11 is 0. The van der Waals surface area contributed by atoms with Crippen molar-refractivity contribution in [2.24, 2.45) is 0 Å². The van der Waals surface area contributed by atoms with Gasteiger partial charge in [0.05, 0.1) is 17.4 Å². The van der Waals surface area contributed by atoms with Crippen molar-refractivity contribution in [3.05, 3.63) is 29.6 Å². The third-order valence-corrected chi connectivity index (χ3v) is 3.20. The number of rotatable bonds is 4. The lowest BCUT2D eigenvalue weighted by molar-refractivity contribution is -0.149. The minimum Gasteiger partial charge on any atom is -0.479 e. The predicted octanol–water partition coefficient (Wildman–Crippen LogP) is 2.89. The van der Waals surface area contributed by atoms with Crippen molar-refractivity contribution >= 4 is 11.7 Å². The number of anilines is 1. The summed E-state index contributed by atoms with van der Waals surface area (Å²) in [7, 11) is 0. The maximum atomic E-state index is 13.6. The van der Waals surface area contributed by atoms with Gasteiger partial charge in [0, 0.05) is 6.54 Å². The topological polar surface area (TPSA) is 58.6 Å². The second-order valence-corrected chi connectivity index (χ2v) is 4.74. The first-order valence-corrected chi connectivity index (χ1v) is 6.26. The largest absolute Gasteiger partial charge is 0.479 e. The SMILES string of the molecule is O=C(O)C1CCC(CNc2ccc(C(F)(F)F)cc2F)O1. The van der Waals surface area contributed by atoms with Crippen molar-refractivity contribution in [1.29, 1.82) is 0 Å². The number of halogens is 4. The molecule has 0 aliphatic carbocycles. The number of carbonyl (C=O) groups is 1. The lowest BCUT2D eigenvalue weighted by atomic mass is 10.1. The van der Waals surface area contributed by atoms with Gasteiger partial charge in [-0.05, 0) is 31.0 Å². The molecular weight excluding hydrogens is 294 g/mol. The molecule has 1 aliphatic heterocycles. The molecule has 21 heavy (non-hydrogen) atoms. The van der Waals surface area contributed by atoms with Crippen LogP contribution in [-0.2, 0) is 15.7 Å². The van der Waals surface area contributed by atoms with Crippen molar-refractivity contribution in [2.45, 2.75) is 31.2 Å². The second-order valence-electron chi connectivity index (χ2n) is 4.74.